The van der Waals surface area contributed by atoms with Crippen LogP contribution in [0.1, 0.15) is 19.3 Å². The Labute approximate surface area is 181 Å². The summed E-state index contributed by atoms with van der Waals surface area (Å²) in [5, 5.41) is 0. The number of anilines is 1. The molecule has 2 aliphatic heterocycles. The van der Waals surface area contributed by atoms with Crippen molar-refractivity contribution in [2.24, 2.45) is 0 Å². The van der Waals surface area contributed by atoms with E-state index in [0.717, 1.165) is 45.8 Å². The van der Waals surface area contributed by atoms with E-state index in [1.165, 1.54) is 24.9 Å². The molecule has 0 aromatic heterocycles. The van der Waals surface area contributed by atoms with Crippen LogP contribution in [0.3, 0.4) is 0 Å². The monoisotopic (exact) mass is 427 g/mol. The lowest BCUT2D eigenvalue weighted by atomic mass is 10.1. The van der Waals surface area contributed by atoms with Crippen LogP contribution in [0.2, 0.25) is 0 Å². The molecule has 0 bridgehead atoms. The van der Waals surface area contributed by atoms with Crippen molar-refractivity contribution < 1.29 is 8.42 Å². The quantitative estimate of drug-likeness (QED) is 0.679. The summed E-state index contributed by atoms with van der Waals surface area (Å²) < 4.78 is 26.2. The second-order valence-electron chi connectivity index (χ2n) is 8.47. The molecule has 0 N–H and O–H groups in total. The van der Waals surface area contributed by atoms with E-state index < -0.39 is 9.84 Å². The van der Waals surface area contributed by atoms with Gasteiger partial charge in [0.05, 0.1) is 10.6 Å². The van der Waals surface area contributed by atoms with Gasteiger partial charge in [-0.2, -0.15) is 0 Å². The molecule has 6 heteroatoms. The largest absolute Gasteiger partial charge is 0.369 e. The molecule has 5 nitrogen and oxygen atoms in total. The molecule has 0 saturated carbocycles. The lowest BCUT2D eigenvalue weighted by Gasteiger charge is -2.41. The summed E-state index contributed by atoms with van der Waals surface area (Å²) in [6.07, 6.45) is 3.59. The van der Waals surface area contributed by atoms with Gasteiger partial charge in [0.15, 0.2) is 9.84 Å². The van der Waals surface area contributed by atoms with E-state index in [1.54, 1.807) is 12.1 Å². The molecule has 1 atom stereocenters. The molecule has 0 spiro atoms. The number of piperazine rings is 1. The van der Waals surface area contributed by atoms with Crippen LogP contribution in [-0.4, -0.2) is 75.8 Å². The van der Waals surface area contributed by atoms with Crippen LogP contribution in [0.25, 0.3) is 0 Å². The molecule has 162 valence electrons. The molecule has 4 rings (SSSR count). The van der Waals surface area contributed by atoms with Gasteiger partial charge < -0.3 is 4.90 Å². The predicted octanol–water partition coefficient (Wildman–Crippen LogP) is 3.14. The number of piperidine rings is 1. The van der Waals surface area contributed by atoms with E-state index in [2.05, 4.69) is 45.0 Å². The second kappa shape index (κ2) is 9.94. The Morgan fingerprint density at radius 2 is 1.33 bits per heavy atom. The minimum atomic E-state index is -3.29. The molecule has 2 saturated heterocycles. The molecule has 2 fully saturated rings. The normalized spacial score (nSPS) is 20.2. The molecule has 0 amide bonds. The highest BCUT2D eigenvalue weighted by molar-refractivity contribution is 7.91. The van der Waals surface area contributed by atoms with Gasteiger partial charge in [0, 0.05) is 44.5 Å². The first-order valence-electron chi connectivity index (χ1n) is 11.2. The lowest BCUT2D eigenvalue weighted by Crippen LogP contribution is -2.54. The predicted molar refractivity (Wildman–Crippen MR) is 123 cm³/mol. The van der Waals surface area contributed by atoms with Crippen molar-refractivity contribution in [3.05, 3.63) is 60.7 Å². The third-order valence-electron chi connectivity index (χ3n) is 6.38. The number of rotatable bonds is 7. The van der Waals surface area contributed by atoms with Gasteiger partial charge in [-0.05, 0) is 50.2 Å². The van der Waals surface area contributed by atoms with Crippen LogP contribution in [0.4, 0.5) is 5.69 Å². The van der Waals surface area contributed by atoms with Crippen LogP contribution in [0, 0.1) is 0 Å². The van der Waals surface area contributed by atoms with Gasteiger partial charge in [0.25, 0.3) is 0 Å². The van der Waals surface area contributed by atoms with Crippen molar-refractivity contribution in [3.8, 4) is 0 Å². The van der Waals surface area contributed by atoms with Crippen LogP contribution in [0.15, 0.2) is 65.6 Å². The highest BCUT2D eigenvalue weighted by atomic mass is 32.2. The minimum Gasteiger partial charge on any atom is -0.369 e. The number of nitrogens with zero attached hydrogens (tertiary/aromatic N) is 3. The van der Waals surface area contributed by atoms with Gasteiger partial charge >= 0.3 is 0 Å². The summed E-state index contributed by atoms with van der Waals surface area (Å²) >= 11 is 0. The van der Waals surface area contributed by atoms with Crippen LogP contribution < -0.4 is 4.90 Å². The van der Waals surface area contributed by atoms with Gasteiger partial charge in [-0.15, -0.1) is 0 Å². The topological polar surface area (TPSA) is 43.9 Å². The molecule has 0 radical (unpaired) electrons. The van der Waals surface area contributed by atoms with Crippen molar-refractivity contribution in [2.45, 2.75) is 30.2 Å². The van der Waals surface area contributed by atoms with Gasteiger partial charge in [0.2, 0.25) is 0 Å². The molecular weight excluding hydrogens is 394 g/mol. The van der Waals surface area contributed by atoms with Crippen LogP contribution in [-0.2, 0) is 9.84 Å². The Kier molecular flexibility index (Phi) is 7.08. The smallest absolute Gasteiger partial charge is 0.179 e. The zero-order valence-electron chi connectivity index (χ0n) is 17.7. The number of sulfone groups is 1. The fourth-order valence-electron chi connectivity index (χ4n) is 4.66. The molecule has 30 heavy (non-hydrogen) atoms. The molecular formula is C24H33N3O2S. The number of hydrogen-bond acceptors (Lipinski definition) is 5. The summed E-state index contributed by atoms with van der Waals surface area (Å²) in [5.41, 5.74) is 1.27. The van der Waals surface area contributed by atoms with Gasteiger partial charge in [-0.25, -0.2) is 8.42 Å². The Balaban J connectivity index is 1.42. The Morgan fingerprint density at radius 1 is 0.733 bits per heavy atom. The van der Waals surface area contributed by atoms with Gasteiger partial charge in [-0.3, -0.25) is 9.80 Å². The number of likely N-dealkylation sites (tertiary alicyclic amines) is 1. The maximum Gasteiger partial charge on any atom is 0.179 e. The molecule has 2 heterocycles. The molecule has 0 aliphatic carbocycles. The average molecular weight is 428 g/mol. The molecule has 2 aromatic rings. The van der Waals surface area contributed by atoms with E-state index in [0.29, 0.717) is 4.90 Å². The van der Waals surface area contributed by atoms with Crippen molar-refractivity contribution in [1.82, 2.24) is 9.80 Å². The summed E-state index contributed by atoms with van der Waals surface area (Å²) in [7, 11) is -3.29. The standard InChI is InChI=1S/C24H33N3O2S/c28-30(29,24-12-6-2-7-13-24)21-23(26-14-8-3-9-15-26)20-25-16-18-27(19-17-25)22-10-4-1-5-11-22/h1-2,4-7,10-13,23H,3,8-9,14-21H2. The first-order chi connectivity index (χ1) is 14.6. The van der Waals surface area contributed by atoms with E-state index in [1.807, 2.05) is 18.2 Å². The van der Waals surface area contributed by atoms with Crippen LogP contribution in [0.5, 0.6) is 0 Å². The zero-order chi connectivity index (χ0) is 20.8. The minimum absolute atomic E-state index is 0.0544. The maximum atomic E-state index is 13.1. The van der Waals surface area contributed by atoms with E-state index in [9.17, 15) is 8.42 Å². The van der Waals surface area contributed by atoms with E-state index in [-0.39, 0.29) is 11.8 Å². The fourth-order valence-corrected chi connectivity index (χ4v) is 6.25. The van der Waals surface area contributed by atoms with E-state index >= 15 is 0 Å². The summed E-state index contributed by atoms with van der Waals surface area (Å²) in [6.45, 7) is 6.78. The van der Waals surface area contributed by atoms with Crippen LogP contribution >= 0.6 is 0 Å². The lowest BCUT2D eigenvalue weighted by molar-refractivity contribution is 0.126. The third-order valence-corrected chi connectivity index (χ3v) is 8.20. The zero-order valence-corrected chi connectivity index (χ0v) is 18.5. The number of para-hydroxylation sites is 1. The SMILES string of the molecule is O=S(=O)(CC(CN1CCN(c2ccccc2)CC1)N1CCCCC1)c1ccccc1. The Morgan fingerprint density at radius 3 is 1.97 bits per heavy atom. The molecule has 1 unspecified atom stereocenters. The second-order valence-corrected chi connectivity index (χ2v) is 10.5. The van der Waals surface area contributed by atoms with Gasteiger partial charge in [0.1, 0.15) is 0 Å². The Hall–Kier alpha value is -1.89. The summed E-state index contributed by atoms with van der Waals surface area (Å²) in [4.78, 5) is 7.75. The first kappa shape index (κ1) is 21.3. The fraction of sp³-hybridized carbons (Fsp3) is 0.500. The van der Waals surface area contributed by atoms with Gasteiger partial charge in [-0.1, -0.05) is 42.8 Å². The highest BCUT2D eigenvalue weighted by Gasteiger charge is 2.30. The summed E-state index contributed by atoms with van der Waals surface area (Å²) in [5.74, 6) is 0.204. The average Bonchev–Trinajstić information content (AvgIpc) is 2.81. The van der Waals surface area contributed by atoms with Crippen molar-refractivity contribution in [2.75, 3.05) is 56.5 Å². The highest BCUT2D eigenvalue weighted by Crippen LogP contribution is 2.20. The van der Waals surface area contributed by atoms with Crippen molar-refractivity contribution in [3.63, 3.8) is 0 Å². The van der Waals surface area contributed by atoms with Crippen molar-refractivity contribution >= 4 is 15.5 Å². The molecule has 2 aromatic carbocycles. The molecule has 2 aliphatic rings. The first-order valence-corrected chi connectivity index (χ1v) is 12.8. The summed E-state index contributed by atoms with van der Waals surface area (Å²) in [6, 6.07) is 19.5. The van der Waals surface area contributed by atoms with Crippen molar-refractivity contribution in [1.29, 1.82) is 0 Å². The number of hydrogen-bond donors (Lipinski definition) is 0. The third kappa shape index (κ3) is 5.42. The number of benzene rings is 2. The maximum absolute atomic E-state index is 13.1. The van der Waals surface area contributed by atoms with E-state index in [4.69, 9.17) is 0 Å². The Bertz CT molecular complexity index is 875.